The van der Waals surface area contributed by atoms with E-state index >= 15 is 0 Å². The van der Waals surface area contributed by atoms with Gasteiger partial charge in [-0.05, 0) is 48.6 Å². The summed E-state index contributed by atoms with van der Waals surface area (Å²) in [5.41, 5.74) is 9.10. The van der Waals surface area contributed by atoms with Crippen molar-refractivity contribution in [2.45, 2.75) is 20.4 Å². The van der Waals surface area contributed by atoms with Gasteiger partial charge in [-0.1, -0.05) is 6.07 Å². The van der Waals surface area contributed by atoms with Gasteiger partial charge < -0.3 is 11.1 Å². The number of hydrogen-bond acceptors (Lipinski definition) is 3. The van der Waals surface area contributed by atoms with Gasteiger partial charge in [-0.3, -0.25) is 4.79 Å². The van der Waals surface area contributed by atoms with Crippen molar-refractivity contribution in [3.8, 4) is 0 Å². The van der Waals surface area contributed by atoms with Crippen LogP contribution >= 0.6 is 11.3 Å². The molecule has 0 fully saturated rings. The van der Waals surface area contributed by atoms with Gasteiger partial charge in [0, 0.05) is 16.1 Å². The van der Waals surface area contributed by atoms with Crippen LogP contribution in [-0.2, 0) is 6.54 Å². The van der Waals surface area contributed by atoms with E-state index in [1.165, 1.54) is 10.4 Å². The van der Waals surface area contributed by atoms with Crippen molar-refractivity contribution in [1.29, 1.82) is 0 Å². The van der Waals surface area contributed by atoms with E-state index in [-0.39, 0.29) is 5.91 Å². The molecule has 18 heavy (non-hydrogen) atoms. The number of thiophene rings is 1. The smallest absolute Gasteiger partial charge is 0.251 e. The Morgan fingerprint density at radius 1 is 1.28 bits per heavy atom. The SMILES string of the molecule is Cc1ccc(N)cc1C(=O)NCc1sccc1C. The lowest BCUT2D eigenvalue weighted by Gasteiger charge is -2.08. The maximum Gasteiger partial charge on any atom is 0.251 e. The number of nitrogens with one attached hydrogen (secondary N) is 1. The van der Waals surface area contributed by atoms with Crippen molar-refractivity contribution in [2.75, 3.05) is 5.73 Å². The van der Waals surface area contributed by atoms with Gasteiger partial charge in [0.1, 0.15) is 0 Å². The molecule has 0 unspecified atom stereocenters. The largest absolute Gasteiger partial charge is 0.399 e. The first-order chi connectivity index (χ1) is 8.58. The lowest BCUT2D eigenvalue weighted by atomic mass is 10.1. The summed E-state index contributed by atoms with van der Waals surface area (Å²) in [7, 11) is 0. The van der Waals surface area contributed by atoms with Crippen LogP contribution in [0.5, 0.6) is 0 Å². The molecule has 0 saturated heterocycles. The van der Waals surface area contributed by atoms with E-state index in [9.17, 15) is 4.79 Å². The molecule has 1 amide bonds. The van der Waals surface area contributed by atoms with Crippen LogP contribution in [0.15, 0.2) is 29.6 Å². The summed E-state index contributed by atoms with van der Waals surface area (Å²) in [4.78, 5) is 13.2. The second-order valence-corrected chi connectivity index (χ2v) is 5.28. The summed E-state index contributed by atoms with van der Waals surface area (Å²) in [5.74, 6) is -0.0763. The average molecular weight is 260 g/mol. The summed E-state index contributed by atoms with van der Waals surface area (Å²) < 4.78 is 0. The van der Waals surface area contributed by atoms with Crippen molar-refractivity contribution in [3.63, 3.8) is 0 Å². The molecule has 1 aromatic carbocycles. The number of carbonyl (C=O) groups excluding carboxylic acids is 1. The molecule has 1 heterocycles. The highest BCUT2D eigenvalue weighted by Crippen LogP contribution is 2.16. The second-order valence-electron chi connectivity index (χ2n) is 4.28. The van der Waals surface area contributed by atoms with E-state index in [1.54, 1.807) is 23.5 Å². The zero-order valence-electron chi connectivity index (χ0n) is 10.5. The zero-order chi connectivity index (χ0) is 13.1. The van der Waals surface area contributed by atoms with Crippen LogP contribution in [0.4, 0.5) is 5.69 Å². The highest BCUT2D eigenvalue weighted by molar-refractivity contribution is 7.10. The van der Waals surface area contributed by atoms with Crippen LogP contribution in [0.25, 0.3) is 0 Å². The summed E-state index contributed by atoms with van der Waals surface area (Å²) in [6.07, 6.45) is 0. The zero-order valence-corrected chi connectivity index (χ0v) is 11.3. The standard InChI is InChI=1S/C14H16N2OS/c1-9-3-4-11(15)7-12(9)14(17)16-8-13-10(2)5-6-18-13/h3-7H,8,15H2,1-2H3,(H,16,17). The monoisotopic (exact) mass is 260 g/mol. The van der Waals surface area contributed by atoms with Crippen molar-refractivity contribution in [1.82, 2.24) is 5.32 Å². The number of benzene rings is 1. The topological polar surface area (TPSA) is 55.1 Å². The first-order valence-electron chi connectivity index (χ1n) is 5.75. The van der Waals surface area contributed by atoms with E-state index < -0.39 is 0 Å². The first kappa shape index (κ1) is 12.6. The first-order valence-corrected chi connectivity index (χ1v) is 6.63. The number of nitrogen functional groups attached to an aromatic ring is 1. The highest BCUT2D eigenvalue weighted by Gasteiger charge is 2.09. The Balaban J connectivity index is 2.08. The fraction of sp³-hybridized carbons (Fsp3) is 0.214. The van der Waals surface area contributed by atoms with Crippen LogP contribution in [-0.4, -0.2) is 5.91 Å². The maximum absolute atomic E-state index is 12.1. The number of carbonyl (C=O) groups is 1. The van der Waals surface area contributed by atoms with Gasteiger partial charge in [0.05, 0.1) is 6.54 Å². The third-order valence-electron chi connectivity index (χ3n) is 2.88. The molecule has 2 aromatic rings. The molecular weight excluding hydrogens is 244 g/mol. The van der Waals surface area contributed by atoms with Crippen molar-refractivity contribution < 1.29 is 4.79 Å². The molecule has 0 saturated carbocycles. The minimum atomic E-state index is -0.0763. The lowest BCUT2D eigenvalue weighted by Crippen LogP contribution is -2.23. The molecule has 1 aromatic heterocycles. The average Bonchev–Trinajstić information content (AvgIpc) is 2.75. The van der Waals surface area contributed by atoms with Crippen molar-refractivity contribution >= 4 is 22.9 Å². The normalized spacial score (nSPS) is 10.3. The Morgan fingerprint density at radius 3 is 2.72 bits per heavy atom. The highest BCUT2D eigenvalue weighted by atomic mass is 32.1. The van der Waals surface area contributed by atoms with E-state index in [1.807, 2.05) is 25.3 Å². The Hall–Kier alpha value is -1.81. The van der Waals surface area contributed by atoms with Crippen molar-refractivity contribution in [3.05, 3.63) is 51.2 Å². The number of rotatable bonds is 3. The Kier molecular flexibility index (Phi) is 3.67. The van der Waals surface area contributed by atoms with Crippen LogP contribution < -0.4 is 11.1 Å². The van der Waals surface area contributed by atoms with Gasteiger partial charge in [0.2, 0.25) is 0 Å². The number of amides is 1. The molecule has 0 aliphatic rings. The molecule has 0 spiro atoms. The molecule has 0 radical (unpaired) electrons. The minimum absolute atomic E-state index is 0.0763. The van der Waals surface area contributed by atoms with Gasteiger partial charge in [0.15, 0.2) is 0 Å². The second kappa shape index (κ2) is 5.23. The molecule has 3 N–H and O–H groups in total. The molecule has 0 aliphatic heterocycles. The van der Waals surface area contributed by atoms with Crippen molar-refractivity contribution in [2.24, 2.45) is 0 Å². The van der Waals surface area contributed by atoms with Gasteiger partial charge in [-0.25, -0.2) is 0 Å². The fourth-order valence-electron chi connectivity index (χ4n) is 1.73. The number of hydrogen-bond donors (Lipinski definition) is 2. The third kappa shape index (κ3) is 2.71. The van der Waals surface area contributed by atoms with Crippen LogP contribution in [0, 0.1) is 13.8 Å². The van der Waals surface area contributed by atoms with Gasteiger partial charge in [-0.2, -0.15) is 0 Å². The van der Waals surface area contributed by atoms with Crippen LogP contribution in [0.1, 0.15) is 26.4 Å². The maximum atomic E-state index is 12.1. The van der Waals surface area contributed by atoms with Gasteiger partial charge in [-0.15, -0.1) is 11.3 Å². The predicted octanol–water partition coefficient (Wildman–Crippen LogP) is 2.88. The molecule has 4 heteroatoms. The van der Waals surface area contributed by atoms with Gasteiger partial charge >= 0.3 is 0 Å². The molecule has 2 rings (SSSR count). The molecule has 0 aliphatic carbocycles. The Labute approximate surface area is 111 Å². The summed E-state index contributed by atoms with van der Waals surface area (Å²) >= 11 is 1.65. The molecule has 94 valence electrons. The van der Waals surface area contributed by atoms with Crippen LogP contribution in [0.3, 0.4) is 0 Å². The number of anilines is 1. The fourth-order valence-corrected chi connectivity index (χ4v) is 2.57. The summed E-state index contributed by atoms with van der Waals surface area (Å²) in [5, 5.41) is 4.96. The third-order valence-corrected chi connectivity index (χ3v) is 3.91. The number of nitrogens with two attached hydrogens (primary N) is 1. The lowest BCUT2D eigenvalue weighted by molar-refractivity contribution is 0.0950. The summed E-state index contributed by atoms with van der Waals surface area (Å²) in [6, 6.07) is 7.43. The molecule has 0 atom stereocenters. The molecular formula is C14H16N2OS. The van der Waals surface area contributed by atoms with E-state index in [4.69, 9.17) is 5.73 Å². The predicted molar refractivity (Wildman–Crippen MR) is 75.8 cm³/mol. The van der Waals surface area contributed by atoms with E-state index in [0.29, 0.717) is 17.8 Å². The molecule has 3 nitrogen and oxygen atoms in total. The Morgan fingerprint density at radius 2 is 2.06 bits per heavy atom. The van der Waals surface area contributed by atoms with Gasteiger partial charge in [0.25, 0.3) is 5.91 Å². The number of aryl methyl sites for hydroxylation is 2. The summed E-state index contributed by atoms with van der Waals surface area (Å²) in [6.45, 7) is 4.52. The molecule has 0 bridgehead atoms. The van der Waals surface area contributed by atoms with E-state index in [0.717, 1.165) is 5.56 Å². The van der Waals surface area contributed by atoms with E-state index in [2.05, 4.69) is 11.4 Å². The Bertz CT molecular complexity index is 575. The minimum Gasteiger partial charge on any atom is -0.399 e. The van der Waals surface area contributed by atoms with Crippen LogP contribution in [0.2, 0.25) is 0 Å². The quantitative estimate of drug-likeness (QED) is 0.834.